The van der Waals surface area contributed by atoms with Crippen LogP contribution in [0.5, 0.6) is 0 Å². The lowest BCUT2D eigenvalue weighted by atomic mass is 9.66. The van der Waals surface area contributed by atoms with E-state index in [0.29, 0.717) is 11.1 Å². The van der Waals surface area contributed by atoms with Gasteiger partial charge < -0.3 is 9.80 Å². The zero-order chi connectivity index (χ0) is 44.1. The molecule has 65 heavy (non-hydrogen) atoms. The summed E-state index contributed by atoms with van der Waals surface area (Å²) in [4.78, 5) is 4.59. The Hall–Kier alpha value is -8.70. The summed E-state index contributed by atoms with van der Waals surface area (Å²) in [5.41, 5.74) is 16.2. The van der Waals surface area contributed by atoms with Crippen LogP contribution in [-0.4, -0.2) is 0 Å². The minimum Gasteiger partial charge on any atom is -0.310 e. The fourth-order valence-corrected chi connectivity index (χ4v) is 10.1. The maximum Gasteiger partial charge on any atom is 0.0991 e. The fraction of sp³-hybridized carbons (Fsp3) is 0.0492. The fourth-order valence-electron chi connectivity index (χ4n) is 10.1. The van der Waals surface area contributed by atoms with Crippen LogP contribution in [0.4, 0.5) is 34.1 Å². The Morgan fingerprint density at radius 3 is 1.28 bits per heavy atom. The summed E-state index contributed by atoms with van der Waals surface area (Å²) >= 11 is 0. The minimum absolute atomic E-state index is 0.620. The summed E-state index contributed by atoms with van der Waals surface area (Å²) < 4.78 is 0. The number of nitrogens with zero attached hydrogens (tertiary/aromatic N) is 4. The highest BCUT2D eigenvalue weighted by atomic mass is 15.1. The lowest BCUT2D eigenvalue weighted by Crippen LogP contribution is -2.29. The molecule has 4 nitrogen and oxygen atoms in total. The van der Waals surface area contributed by atoms with Crippen molar-refractivity contribution in [2.75, 3.05) is 9.80 Å². The first kappa shape index (κ1) is 39.2. The predicted molar refractivity (Wildman–Crippen MR) is 267 cm³/mol. The number of benzene rings is 10. The maximum absolute atomic E-state index is 9.75. The van der Waals surface area contributed by atoms with E-state index in [0.717, 1.165) is 39.5 Å². The van der Waals surface area contributed by atoms with Gasteiger partial charge in [0, 0.05) is 34.1 Å². The molecule has 0 fully saturated rings. The normalized spacial score (nSPS) is 12.2. The van der Waals surface area contributed by atoms with E-state index >= 15 is 0 Å². The first-order valence-electron chi connectivity index (χ1n) is 21.9. The molecule has 0 unspecified atom stereocenters. The van der Waals surface area contributed by atoms with Crippen molar-refractivity contribution >= 4 is 55.7 Å². The monoisotopic (exact) mass is 830 g/mol. The van der Waals surface area contributed by atoms with Crippen molar-refractivity contribution < 1.29 is 0 Å². The topological polar surface area (TPSA) is 54.1 Å². The van der Waals surface area contributed by atoms with E-state index in [9.17, 15) is 10.5 Å². The lowest BCUT2D eigenvalue weighted by molar-refractivity contribution is 0.776. The van der Waals surface area contributed by atoms with E-state index < -0.39 is 5.41 Å². The third-order valence-corrected chi connectivity index (χ3v) is 13.1. The lowest BCUT2D eigenvalue weighted by Gasteiger charge is -2.36. The summed E-state index contributed by atoms with van der Waals surface area (Å²) in [6.07, 6.45) is 0. The Bertz CT molecular complexity index is 3450. The van der Waals surface area contributed by atoms with Crippen LogP contribution in [-0.2, 0) is 5.41 Å². The summed E-state index contributed by atoms with van der Waals surface area (Å²) in [6, 6.07) is 82.4. The minimum atomic E-state index is -0.722. The van der Waals surface area contributed by atoms with Gasteiger partial charge in [-0.3, -0.25) is 0 Å². The van der Waals surface area contributed by atoms with Gasteiger partial charge in [0.2, 0.25) is 0 Å². The van der Waals surface area contributed by atoms with Crippen LogP contribution in [0.2, 0.25) is 0 Å². The van der Waals surface area contributed by atoms with Gasteiger partial charge in [-0.05, 0) is 166 Å². The zero-order valence-corrected chi connectivity index (χ0v) is 36.1. The molecule has 0 spiro atoms. The Kier molecular flexibility index (Phi) is 9.57. The SMILES string of the molecule is Cc1ccc(N(c2ccc(C#N)cc2)c2ccc3c(c2)C(c2ccccc2)(c2ccccc2)c2c-3c3ccccc3c3cc(N(c4ccc(C)cc4)c4ccc(C#N)cc4)ccc23)cc1. The Morgan fingerprint density at radius 2 is 0.785 bits per heavy atom. The molecule has 0 aromatic heterocycles. The number of aryl methyl sites for hydroxylation is 2. The summed E-state index contributed by atoms with van der Waals surface area (Å²) in [6.45, 7) is 4.22. The Labute approximate surface area is 379 Å². The first-order chi connectivity index (χ1) is 32.0. The molecule has 1 aliphatic rings. The van der Waals surface area contributed by atoms with Crippen molar-refractivity contribution in [1.82, 2.24) is 0 Å². The van der Waals surface area contributed by atoms with Crippen LogP contribution in [0.25, 0.3) is 32.7 Å². The number of rotatable bonds is 8. The average molecular weight is 831 g/mol. The van der Waals surface area contributed by atoms with Crippen LogP contribution in [0.15, 0.2) is 218 Å². The molecule has 0 atom stereocenters. The molecule has 10 aromatic carbocycles. The van der Waals surface area contributed by atoms with E-state index in [1.807, 2.05) is 48.5 Å². The molecule has 10 aromatic rings. The van der Waals surface area contributed by atoms with Crippen molar-refractivity contribution in [3.8, 4) is 23.3 Å². The van der Waals surface area contributed by atoms with Gasteiger partial charge in [-0.2, -0.15) is 10.5 Å². The summed E-state index contributed by atoms with van der Waals surface area (Å²) in [5, 5.41) is 24.2. The second-order valence-electron chi connectivity index (χ2n) is 16.9. The molecule has 0 aliphatic heterocycles. The smallest absolute Gasteiger partial charge is 0.0991 e. The number of hydrogen-bond acceptors (Lipinski definition) is 4. The van der Waals surface area contributed by atoms with Gasteiger partial charge >= 0.3 is 0 Å². The van der Waals surface area contributed by atoms with Gasteiger partial charge in [0.1, 0.15) is 0 Å². The number of nitriles is 2. The van der Waals surface area contributed by atoms with E-state index in [1.54, 1.807) is 0 Å². The second-order valence-corrected chi connectivity index (χ2v) is 16.9. The molecule has 306 valence electrons. The van der Waals surface area contributed by atoms with E-state index in [2.05, 4.69) is 206 Å². The molecule has 0 saturated heterocycles. The van der Waals surface area contributed by atoms with E-state index in [1.165, 1.54) is 60.7 Å². The number of hydrogen-bond donors (Lipinski definition) is 0. The molecule has 0 N–H and O–H groups in total. The molecule has 0 saturated carbocycles. The summed E-state index contributed by atoms with van der Waals surface area (Å²) in [7, 11) is 0. The third kappa shape index (κ3) is 6.43. The van der Waals surface area contributed by atoms with Gasteiger partial charge in [-0.15, -0.1) is 0 Å². The van der Waals surface area contributed by atoms with Crippen LogP contribution < -0.4 is 9.80 Å². The quantitative estimate of drug-likeness (QED) is 0.143. The van der Waals surface area contributed by atoms with Gasteiger partial charge in [-0.25, -0.2) is 0 Å². The van der Waals surface area contributed by atoms with Crippen molar-refractivity contribution in [1.29, 1.82) is 10.5 Å². The van der Waals surface area contributed by atoms with Crippen molar-refractivity contribution in [2.24, 2.45) is 0 Å². The molecule has 0 bridgehead atoms. The summed E-state index contributed by atoms with van der Waals surface area (Å²) in [5.74, 6) is 0. The Balaban J connectivity index is 1.23. The predicted octanol–water partition coefficient (Wildman–Crippen LogP) is 15.7. The van der Waals surface area contributed by atoms with Gasteiger partial charge in [0.25, 0.3) is 0 Å². The molecule has 0 amide bonds. The van der Waals surface area contributed by atoms with Crippen LogP contribution in [0, 0.1) is 36.5 Å². The molecule has 11 rings (SSSR count). The standard InChI is InChI=1S/C61H42N4/c1-41-17-25-47(26-18-41)64(49-29-21-43(39-62)22-30-49)51-33-35-55-57(37-51)53-15-9-10-16-54(53)59-56-36-34-52(65(48-27-19-42(2)20-28-48)50-31-23-44(40-63)24-32-50)38-58(56)61(60(55)59,45-11-5-3-6-12-45)46-13-7-4-8-14-46/h3-38H,1-2H3. The van der Waals surface area contributed by atoms with Crippen LogP contribution in [0.1, 0.15) is 44.5 Å². The average Bonchev–Trinajstić information content (AvgIpc) is 3.68. The molecule has 4 heteroatoms. The third-order valence-electron chi connectivity index (χ3n) is 13.1. The van der Waals surface area contributed by atoms with Gasteiger partial charge in [-0.1, -0.05) is 132 Å². The number of fused-ring (bicyclic) bond motifs is 8. The van der Waals surface area contributed by atoms with Gasteiger partial charge in [0.05, 0.1) is 28.7 Å². The van der Waals surface area contributed by atoms with Crippen LogP contribution >= 0.6 is 0 Å². The van der Waals surface area contributed by atoms with Gasteiger partial charge in [0.15, 0.2) is 0 Å². The number of anilines is 6. The molecule has 0 heterocycles. The van der Waals surface area contributed by atoms with Crippen molar-refractivity contribution in [3.63, 3.8) is 0 Å². The molecular formula is C61H42N4. The highest BCUT2D eigenvalue weighted by molar-refractivity contribution is 6.20. The van der Waals surface area contributed by atoms with Crippen molar-refractivity contribution in [3.05, 3.63) is 263 Å². The Morgan fingerprint density at radius 1 is 0.369 bits per heavy atom. The van der Waals surface area contributed by atoms with E-state index in [4.69, 9.17) is 0 Å². The maximum atomic E-state index is 9.75. The first-order valence-corrected chi connectivity index (χ1v) is 21.9. The molecular weight excluding hydrogens is 789 g/mol. The van der Waals surface area contributed by atoms with Crippen LogP contribution in [0.3, 0.4) is 0 Å². The van der Waals surface area contributed by atoms with Crippen molar-refractivity contribution in [2.45, 2.75) is 19.3 Å². The second kappa shape index (κ2) is 15.9. The van der Waals surface area contributed by atoms with E-state index in [-0.39, 0.29) is 0 Å². The molecule has 0 radical (unpaired) electrons. The highest BCUT2D eigenvalue weighted by Crippen LogP contribution is 2.61. The molecule has 1 aliphatic carbocycles. The highest BCUT2D eigenvalue weighted by Gasteiger charge is 2.48. The zero-order valence-electron chi connectivity index (χ0n) is 36.1. The largest absolute Gasteiger partial charge is 0.310 e.